The Morgan fingerprint density at radius 2 is 1.85 bits per heavy atom. The molecule has 1 amide bonds. The van der Waals surface area contributed by atoms with Gasteiger partial charge in [0.25, 0.3) is 0 Å². The molecular formula is C26H22ClN3O4. The third-order valence-electron chi connectivity index (χ3n) is 6.91. The molecule has 1 aliphatic carbocycles. The van der Waals surface area contributed by atoms with Crippen molar-refractivity contribution in [2.75, 3.05) is 14.1 Å². The van der Waals surface area contributed by atoms with Crippen LogP contribution in [0.25, 0.3) is 0 Å². The first-order chi connectivity index (χ1) is 16.3. The van der Waals surface area contributed by atoms with E-state index < -0.39 is 29.1 Å². The number of amides is 1. The highest BCUT2D eigenvalue weighted by molar-refractivity contribution is 6.30. The van der Waals surface area contributed by atoms with Gasteiger partial charge in [-0.15, -0.1) is 0 Å². The van der Waals surface area contributed by atoms with E-state index in [1.165, 1.54) is 11.1 Å². The number of benzene rings is 2. The van der Waals surface area contributed by atoms with Crippen LogP contribution in [0.4, 0.5) is 0 Å². The van der Waals surface area contributed by atoms with Crippen LogP contribution in [-0.4, -0.2) is 46.2 Å². The van der Waals surface area contributed by atoms with Crippen LogP contribution < -0.4 is 4.74 Å². The zero-order valence-corrected chi connectivity index (χ0v) is 19.3. The van der Waals surface area contributed by atoms with Gasteiger partial charge in [-0.25, -0.2) is 0 Å². The van der Waals surface area contributed by atoms with E-state index in [0.29, 0.717) is 21.7 Å². The second-order valence-electron chi connectivity index (χ2n) is 8.89. The van der Waals surface area contributed by atoms with E-state index in [2.05, 4.69) is 11.1 Å². The number of aliphatic hydroxyl groups excluding tert-OH is 1. The number of nitrogens with zero attached hydrogens (tertiary/aromatic N) is 3. The molecule has 2 aromatic carbocycles. The summed E-state index contributed by atoms with van der Waals surface area (Å²) in [6, 6.07) is 19.4. The maximum Gasteiger partial charge on any atom is 0.228 e. The predicted octanol–water partition coefficient (Wildman–Crippen LogP) is 2.94. The zero-order valence-electron chi connectivity index (χ0n) is 18.5. The van der Waals surface area contributed by atoms with E-state index >= 15 is 0 Å². The molecule has 0 bridgehead atoms. The summed E-state index contributed by atoms with van der Waals surface area (Å²) in [7, 11) is 3.22. The van der Waals surface area contributed by atoms with Crippen LogP contribution in [0.3, 0.4) is 0 Å². The van der Waals surface area contributed by atoms with Gasteiger partial charge in [0.05, 0.1) is 22.6 Å². The first-order valence-electron chi connectivity index (χ1n) is 10.8. The van der Waals surface area contributed by atoms with Crippen molar-refractivity contribution in [2.24, 2.45) is 5.92 Å². The number of carbonyl (C=O) groups excluding carboxylic acids is 1. The van der Waals surface area contributed by atoms with Crippen LogP contribution in [0.5, 0.6) is 5.75 Å². The van der Waals surface area contributed by atoms with E-state index in [1.54, 1.807) is 44.4 Å². The maximum absolute atomic E-state index is 13.5. The molecule has 5 atom stereocenters. The number of hydrogen-bond acceptors (Lipinski definition) is 6. The number of ether oxygens (including phenoxy) is 1. The maximum atomic E-state index is 13.5. The highest BCUT2D eigenvalue weighted by Crippen LogP contribution is 2.68. The number of pyridine rings is 1. The van der Waals surface area contributed by atoms with Crippen LogP contribution in [0.15, 0.2) is 66.9 Å². The molecule has 3 aromatic rings. The van der Waals surface area contributed by atoms with E-state index in [0.717, 1.165) is 0 Å². The Labute approximate surface area is 201 Å². The number of carbonyl (C=O) groups is 1. The van der Waals surface area contributed by atoms with Gasteiger partial charge in [-0.3, -0.25) is 9.78 Å². The number of fused-ring (bicyclic) bond motifs is 3. The van der Waals surface area contributed by atoms with Crippen LogP contribution in [0.2, 0.25) is 5.02 Å². The van der Waals surface area contributed by atoms with Crippen molar-refractivity contribution in [3.8, 4) is 11.8 Å². The molecule has 172 valence electrons. The summed E-state index contributed by atoms with van der Waals surface area (Å²) in [6.45, 7) is 0. The summed E-state index contributed by atoms with van der Waals surface area (Å²) in [4.78, 5) is 19.2. The molecular weight excluding hydrogens is 454 g/mol. The smallest absolute Gasteiger partial charge is 0.228 e. The van der Waals surface area contributed by atoms with Crippen molar-refractivity contribution in [3.05, 3.63) is 94.3 Å². The number of halogens is 1. The van der Waals surface area contributed by atoms with Crippen molar-refractivity contribution in [1.29, 1.82) is 5.26 Å². The average molecular weight is 476 g/mol. The molecule has 0 saturated heterocycles. The van der Waals surface area contributed by atoms with Gasteiger partial charge in [0.15, 0.2) is 11.2 Å². The summed E-state index contributed by atoms with van der Waals surface area (Å²) in [6.07, 6.45) is -0.166. The Kier molecular flexibility index (Phi) is 5.14. The zero-order chi connectivity index (χ0) is 24.3. The fourth-order valence-corrected chi connectivity index (χ4v) is 5.64. The van der Waals surface area contributed by atoms with Gasteiger partial charge >= 0.3 is 0 Å². The molecule has 5 rings (SSSR count). The van der Waals surface area contributed by atoms with Gasteiger partial charge in [0, 0.05) is 32.3 Å². The third-order valence-corrected chi connectivity index (χ3v) is 7.12. The number of aliphatic hydroxyl groups is 2. The van der Waals surface area contributed by atoms with Crippen molar-refractivity contribution in [3.63, 3.8) is 0 Å². The van der Waals surface area contributed by atoms with Crippen LogP contribution in [0.1, 0.15) is 28.3 Å². The summed E-state index contributed by atoms with van der Waals surface area (Å²) in [5.41, 5.74) is -1.93. The monoisotopic (exact) mass is 475 g/mol. The number of aromatic nitrogens is 1. The SMILES string of the molecule is CN(C)C(=O)[C@H]1[C@@H](O)C2(O)c3ncc(Cl)cc3O[C@@]2(c2ccc(C#N)cc2)[C@@H]1c1ccccc1. The van der Waals surface area contributed by atoms with Crippen LogP contribution in [0, 0.1) is 17.2 Å². The minimum Gasteiger partial charge on any atom is -0.476 e. The van der Waals surface area contributed by atoms with E-state index in [-0.39, 0.29) is 17.4 Å². The normalized spacial score (nSPS) is 29.0. The second-order valence-corrected chi connectivity index (χ2v) is 9.32. The molecule has 2 heterocycles. The Bertz CT molecular complexity index is 1310. The molecule has 7 nitrogen and oxygen atoms in total. The fourth-order valence-electron chi connectivity index (χ4n) is 5.50. The van der Waals surface area contributed by atoms with Gasteiger partial charge in [0.1, 0.15) is 17.5 Å². The van der Waals surface area contributed by atoms with Gasteiger partial charge < -0.3 is 19.8 Å². The highest BCUT2D eigenvalue weighted by Gasteiger charge is 2.78. The summed E-state index contributed by atoms with van der Waals surface area (Å²) in [5.74, 6) is -1.94. The number of nitriles is 1. The van der Waals surface area contributed by atoms with E-state index in [4.69, 9.17) is 16.3 Å². The Hall–Kier alpha value is -3.44. The topological polar surface area (TPSA) is 107 Å². The Morgan fingerprint density at radius 3 is 2.47 bits per heavy atom. The molecule has 1 fully saturated rings. The van der Waals surface area contributed by atoms with Crippen molar-refractivity contribution in [2.45, 2.75) is 23.2 Å². The lowest BCUT2D eigenvalue weighted by molar-refractivity contribution is -0.157. The average Bonchev–Trinajstić information content (AvgIpc) is 3.21. The summed E-state index contributed by atoms with van der Waals surface area (Å²) < 4.78 is 6.55. The summed E-state index contributed by atoms with van der Waals surface area (Å²) >= 11 is 6.18. The minimum absolute atomic E-state index is 0.115. The molecule has 2 N–H and O–H groups in total. The number of hydrogen-bond donors (Lipinski definition) is 2. The van der Waals surface area contributed by atoms with E-state index in [9.17, 15) is 20.3 Å². The van der Waals surface area contributed by atoms with Gasteiger partial charge in [-0.2, -0.15) is 5.26 Å². The molecule has 1 saturated carbocycles. The second kappa shape index (κ2) is 7.81. The minimum atomic E-state index is -2.07. The largest absolute Gasteiger partial charge is 0.476 e. The Morgan fingerprint density at radius 1 is 1.18 bits per heavy atom. The Balaban J connectivity index is 1.86. The van der Waals surface area contributed by atoms with Crippen molar-refractivity contribution >= 4 is 17.5 Å². The molecule has 0 spiro atoms. The van der Waals surface area contributed by atoms with Crippen molar-refractivity contribution < 1.29 is 19.7 Å². The molecule has 34 heavy (non-hydrogen) atoms. The first kappa shape index (κ1) is 22.4. The molecule has 1 aliphatic heterocycles. The van der Waals surface area contributed by atoms with Gasteiger partial charge in [0.2, 0.25) is 5.91 Å². The number of rotatable bonds is 3. The molecule has 1 aromatic heterocycles. The quantitative estimate of drug-likeness (QED) is 0.603. The van der Waals surface area contributed by atoms with E-state index in [1.807, 2.05) is 30.3 Å². The highest BCUT2D eigenvalue weighted by atomic mass is 35.5. The summed E-state index contributed by atoms with van der Waals surface area (Å²) in [5, 5.41) is 33.7. The lowest BCUT2D eigenvalue weighted by atomic mass is 9.71. The lowest BCUT2D eigenvalue weighted by Gasteiger charge is -2.40. The van der Waals surface area contributed by atoms with Crippen LogP contribution in [-0.2, 0) is 16.0 Å². The molecule has 0 radical (unpaired) electrons. The molecule has 8 heteroatoms. The predicted molar refractivity (Wildman–Crippen MR) is 124 cm³/mol. The third kappa shape index (κ3) is 2.83. The van der Waals surface area contributed by atoms with Gasteiger partial charge in [-0.1, -0.05) is 54.1 Å². The standard InChI is InChI=1S/C26H22ClN3O4/c1-30(2)24(32)20-21(16-6-4-3-5-7-16)26(17-10-8-15(13-28)9-11-17)25(33,23(20)31)22-19(34-26)12-18(27)14-29-22/h3-12,14,20-21,23,31,33H,1-2H3/t20-,21-,23-,25?,26+/m1/s1. The molecule has 2 aliphatic rings. The first-order valence-corrected chi connectivity index (χ1v) is 11.2. The van der Waals surface area contributed by atoms with Gasteiger partial charge in [-0.05, 0) is 23.3 Å². The van der Waals surface area contributed by atoms with Crippen molar-refractivity contribution in [1.82, 2.24) is 9.88 Å². The fraction of sp³-hybridized carbons (Fsp3) is 0.269. The molecule has 1 unspecified atom stereocenters. The van der Waals surface area contributed by atoms with Crippen LogP contribution >= 0.6 is 11.6 Å². The lowest BCUT2D eigenvalue weighted by Crippen LogP contribution is -2.52.